The number of hydrogen-bond acceptors (Lipinski definition) is 4. The van der Waals surface area contributed by atoms with Crippen LogP contribution in [0.15, 0.2) is 0 Å². The summed E-state index contributed by atoms with van der Waals surface area (Å²) in [6.07, 6.45) is 2.70. The molecule has 0 aromatic rings. The van der Waals surface area contributed by atoms with Crippen LogP contribution in [-0.2, 0) is 14.3 Å². The number of morpholine rings is 1. The van der Waals surface area contributed by atoms with Gasteiger partial charge in [0.15, 0.2) is 0 Å². The number of rotatable bonds is 4. The zero-order valence-corrected chi connectivity index (χ0v) is 9.70. The lowest BCUT2D eigenvalue weighted by Crippen LogP contribution is -2.49. The van der Waals surface area contributed by atoms with E-state index in [1.165, 1.54) is 0 Å². The lowest BCUT2D eigenvalue weighted by atomic mass is 9.89. The van der Waals surface area contributed by atoms with Gasteiger partial charge in [0.1, 0.15) is 0 Å². The highest BCUT2D eigenvalue weighted by Crippen LogP contribution is 2.22. The molecule has 2 aliphatic rings. The van der Waals surface area contributed by atoms with Crippen molar-refractivity contribution in [2.24, 2.45) is 0 Å². The van der Waals surface area contributed by atoms with Crippen molar-refractivity contribution in [2.75, 3.05) is 26.8 Å². The van der Waals surface area contributed by atoms with Crippen LogP contribution in [0.2, 0.25) is 0 Å². The van der Waals surface area contributed by atoms with Gasteiger partial charge in [0.05, 0.1) is 25.2 Å². The fraction of sp³-hybridized carbons (Fsp3) is 0.909. The van der Waals surface area contributed by atoms with Crippen molar-refractivity contribution >= 4 is 5.91 Å². The molecule has 0 aromatic carbocycles. The third-order valence-electron chi connectivity index (χ3n) is 3.21. The highest BCUT2D eigenvalue weighted by atomic mass is 16.5. The molecule has 1 aliphatic heterocycles. The molecule has 2 fully saturated rings. The Bertz CT molecular complexity index is 235. The summed E-state index contributed by atoms with van der Waals surface area (Å²) >= 11 is 0. The lowest BCUT2D eigenvalue weighted by Gasteiger charge is -2.35. The molecule has 1 atom stereocenters. The van der Waals surface area contributed by atoms with Gasteiger partial charge in [-0.1, -0.05) is 0 Å². The topological polar surface area (TPSA) is 59.6 Å². The summed E-state index contributed by atoms with van der Waals surface area (Å²) in [5, 5.41) is 6.21. The van der Waals surface area contributed by atoms with Crippen molar-refractivity contribution in [3.8, 4) is 0 Å². The minimum absolute atomic E-state index is 0.0343. The van der Waals surface area contributed by atoms with Crippen LogP contribution < -0.4 is 10.6 Å². The molecule has 5 nitrogen and oxygen atoms in total. The maximum atomic E-state index is 11.6. The van der Waals surface area contributed by atoms with Crippen molar-refractivity contribution in [1.29, 1.82) is 0 Å². The average molecular weight is 228 g/mol. The zero-order chi connectivity index (χ0) is 11.4. The third-order valence-corrected chi connectivity index (χ3v) is 3.21. The average Bonchev–Trinajstić information content (AvgIpc) is 2.24. The molecule has 0 radical (unpaired) electrons. The van der Waals surface area contributed by atoms with Crippen LogP contribution in [0.4, 0.5) is 0 Å². The summed E-state index contributed by atoms with van der Waals surface area (Å²) in [7, 11) is 1.71. The van der Waals surface area contributed by atoms with Crippen molar-refractivity contribution in [2.45, 2.75) is 37.5 Å². The summed E-state index contributed by atoms with van der Waals surface area (Å²) in [5.41, 5.74) is 0. The van der Waals surface area contributed by atoms with Gasteiger partial charge in [-0.15, -0.1) is 0 Å². The number of amides is 1. The SMILES string of the molecule is COC1CC(NC(=O)CC2CNCCO2)C1. The first kappa shape index (κ1) is 11.8. The molecule has 2 N–H and O–H groups in total. The number of ether oxygens (including phenoxy) is 2. The fourth-order valence-corrected chi connectivity index (χ4v) is 2.12. The summed E-state index contributed by atoms with van der Waals surface area (Å²) in [5.74, 6) is 0.0910. The Balaban J connectivity index is 1.61. The maximum Gasteiger partial charge on any atom is 0.222 e. The molecule has 0 spiro atoms. The predicted octanol–water partition coefficient (Wildman–Crippen LogP) is -0.341. The van der Waals surface area contributed by atoms with E-state index >= 15 is 0 Å². The van der Waals surface area contributed by atoms with Crippen LogP contribution in [0.3, 0.4) is 0 Å². The van der Waals surface area contributed by atoms with E-state index < -0.39 is 0 Å². The Kier molecular flexibility index (Phi) is 4.15. The third kappa shape index (κ3) is 3.17. The van der Waals surface area contributed by atoms with Crippen LogP contribution in [0.1, 0.15) is 19.3 Å². The van der Waals surface area contributed by atoms with Gasteiger partial charge in [-0.3, -0.25) is 4.79 Å². The van der Waals surface area contributed by atoms with Crippen LogP contribution in [0, 0.1) is 0 Å². The van der Waals surface area contributed by atoms with Crippen molar-refractivity contribution in [1.82, 2.24) is 10.6 Å². The lowest BCUT2D eigenvalue weighted by molar-refractivity contribution is -0.126. The van der Waals surface area contributed by atoms with Crippen molar-refractivity contribution < 1.29 is 14.3 Å². The molecular formula is C11H20N2O3. The Morgan fingerprint density at radius 3 is 3.00 bits per heavy atom. The summed E-state index contributed by atoms with van der Waals surface area (Å²) in [4.78, 5) is 11.6. The molecule has 0 bridgehead atoms. The second-order valence-electron chi connectivity index (χ2n) is 4.49. The molecule has 1 aliphatic carbocycles. The molecule has 0 aromatic heterocycles. The number of carbonyl (C=O) groups is 1. The summed E-state index contributed by atoms with van der Waals surface area (Å²) < 4.78 is 10.6. The number of hydrogen-bond donors (Lipinski definition) is 2. The van der Waals surface area contributed by atoms with Gasteiger partial charge in [-0.05, 0) is 12.8 Å². The second kappa shape index (κ2) is 5.61. The van der Waals surface area contributed by atoms with E-state index in [1.807, 2.05) is 0 Å². The van der Waals surface area contributed by atoms with E-state index in [9.17, 15) is 4.79 Å². The van der Waals surface area contributed by atoms with E-state index in [0.29, 0.717) is 25.2 Å². The van der Waals surface area contributed by atoms with Gasteiger partial charge in [-0.25, -0.2) is 0 Å². The highest BCUT2D eigenvalue weighted by Gasteiger charge is 2.30. The normalized spacial score (nSPS) is 34.2. The standard InChI is InChI=1S/C11H20N2O3/c1-15-9-4-8(5-9)13-11(14)6-10-7-12-2-3-16-10/h8-10,12H,2-7H2,1H3,(H,13,14). The number of methoxy groups -OCH3 is 1. The van der Waals surface area contributed by atoms with Gasteiger partial charge >= 0.3 is 0 Å². The first-order valence-corrected chi connectivity index (χ1v) is 5.92. The molecule has 1 saturated heterocycles. The molecule has 1 unspecified atom stereocenters. The van der Waals surface area contributed by atoms with E-state index in [-0.39, 0.29) is 12.0 Å². The number of nitrogens with one attached hydrogen (secondary N) is 2. The Hall–Kier alpha value is -0.650. The fourth-order valence-electron chi connectivity index (χ4n) is 2.12. The van der Waals surface area contributed by atoms with Crippen molar-refractivity contribution in [3.63, 3.8) is 0 Å². The first-order valence-electron chi connectivity index (χ1n) is 5.92. The quantitative estimate of drug-likeness (QED) is 0.691. The van der Waals surface area contributed by atoms with Crippen LogP contribution >= 0.6 is 0 Å². The van der Waals surface area contributed by atoms with E-state index in [4.69, 9.17) is 9.47 Å². The van der Waals surface area contributed by atoms with Crippen LogP contribution in [-0.4, -0.2) is 51.0 Å². The van der Waals surface area contributed by atoms with Gasteiger partial charge < -0.3 is 20.1 Å². The second-order valence-corrected chi connectivity index (χ2v) is 4.49. The molecule has 16 heavy (non-hydrogen) atoms. The zero-order valence-electron chi connectivity index (χ0n) is 9.70. The van der Waals surface area contributed by atoms with Crippen LogP contribution in [0.5, 0.6) is 0 Å². The largest absolute Gasteiger partial charge is 0.381 e. The minimum atomic E-state index is 0.0343. The molecular weight excluding hydrogens is 208 g/mol. The molecule has 1 heterocycles. The minimum Gasteiger partial charge on any atom is -0.381 e. The smallest absolute Gasteiger partial charge is 0.222 e. The van der Waals surface area contributed by atoms with E-state index in [2.05, 4.69) is 10.6 Å². The summed E-state index contributed by atoms with van der Waals surface area (Å²) in [6.45, 7) is 2.36. The molecule has 1 amide bonds. The molecule has 92 valence electrons. The van der Waals surface area contributed by atoms with Gasteiger partial charge in [0.2, 0.25) is 5.91 Å². The molecule has 2 rings (SSSR count). The van der Waals surface area contributed by atoms with Crippen LogP contribution in [0.25, 0.3) is 0 Å². The van der Waals surface area contributed by atoms with E-state index in [1.54, 1.807) is 7.11 Å². The monoisotopic (exact) mass is 228 g/mol. The summed E-state index contributed by atoms with van der Waals surface area (Å²) in [6, 6.07) is 0.300. The van der Waals surface area contributed by atoms with E-state index in [0.717, 1.165) is 25.9 Å². The van der Waals surface area contributed by atoms with Crippen molar-refractivity contribution in [3.05, 3.63) is 0 Å². The maximum absolute atomic E-state index is 11.6. The van der Waals surface area contributed by atoms with Gasteiger partial charge in [-0.2, -0.15) is 0 Å². The first-order chi connectivity index (χ1) is 7.78. The van der Waals surface area contributed by atoms with Gasteiger partial charge in [0.25, 0.3) is 0 Å². The molecule has 5 heteroatoms. The Morgan fingerprint density at radius 2 is 2.38 bits per heavy atom. The predicted molar refractivity (Wildman–Crippen MR) is 59.2 cm³/mol. The number of carbonyl (C=O) groups excluding carboxylic acids is 1. The highest BCUT2D eigenvalue weighted by molar-refractivity contribution is 5.76. The molecule has 1 saturated carbocycles. The Morgan fingerprint density at radius 1 is 1.56 bits per heavy atom. The van der Waals surface area contributed by atoms with Gasteiger partial charge in [0, 0.05) is 26.2 Å². The Labute approximate surface area is 95.9 Å².